The first kappa shape index (κ1) is 19.4. The Bertz CT molecular complexity index is 692. The Balaban J connectivity index is 1.41. The molecule has 4 rings (SSSR count). The number of esters is 1. The molecule has 3 unspecified atom stereocenters. The number of carbonyl (C=O) groups is 2. The second-order valence-electron chi connectivity index (χ2n) is 8.48. The van der Waals surface area contributed by atoms with Crippen LogP contribution in [0.3, 0.4) is 0 Å². The van der Waals surface area contributed by atoms with E-state index in [4.69, 9.17) is 4.74 Å². The normalized spacial score (nSPS) is 29.2. The van der Waals surface area contributed by atoms with Crippen LogP contribution < -0.4 is 10.6 Å². The third-order valence-corrected chi connectivity index (χ3v) is 6.72. The third kappa shape index (κ3) is 3.80. The molecule has 3 fully saturated rings. The lowest BCUT2D eigenvalue weighted by atomic mass is 9.77. The smallest absolute Gasteiger partial charge is 0.343 e. The predicted molar refractivity (Wildman–Crippen MR) is 104 cm³/mol. The summed E-state index contributed by atoms with van der Waals surface area (Å²) in [5.74, 6) is -0.178. The lowest BCUT2D eigenvalue weighted by molar-refractivity contribution is -0.176. The monoisotopic (exact) mass is 386 g/mol. The molecular weight excluding hydrogens is 356 g/mol. The van der Waals surface area contributed by atoms with Gasteiger partial charge in [-0.05, 0) is 30.2 Å². The Morgan fingerprint density at radius 1 is 1.07 bits per heavy atom. The highest BCUT2D eigenvalue weighted by Crippen LogP contribution is 2.42. The minimum atomic E-state index is -1.70. The van der Waals surface area contributed by atoms with Crippen molar-refractivity contribution in [1.29, 1.82) is 0 Å². The van der Waals surface area contributed by atoms with E-state index in [1.54, 1.807) is 12.1 Å². The molecule has 0 spiro atoms. The standard InChI is InChI=1S/C22H30N2O4/c25-19(24-20-17-12-23-13-18(17)20)14-28-21(26)22(27,16-10-6-3-7-11-16)15-8-4-1-2-5-9-15/h3,6-7,10-11,15,17-18,20,23,27H,1-2,4-5,8-9,12-14H2,(H,24,25). The molecule has 0 radical (unpaired) electrons. The maximum Gasteiger partial charge on any atom is 0.343 e. The molecule has 1 heterocycles. The molecule has 0 bridgehead atoms. The summed E-state index contributed by atoms with van der Waals surface area (Å²) in [5.41, 5.74) is -1.15. The molecule has 1 saturated heterocycles. The van der Waals surface area contributed by atoms with E-state index in [0.29, 0.717) is 17.4 Å². The van der Waals surface area contributed by atoms with E-state index in [-0.39, 0.29) is 24.5 Å². The highest BCUT2D eigenvalue weighted by Gasteiger charge is 2.53. The maximum absolute atomic E-state index is 13.0. The van der Waals surface area contributed by atoms with Gasteiger partial charge in [0.15, 0.2) is 12.2 Å². The van der Waals surface area contributed by atoms with Gasteiger partial charge in [-0.2, -0.15) is 0 Å². The molecule has 28 heavy (non-hydrogen) atoms. The first-order valence-corrected chi connectivity index (χ1v) is 10.6. The number of fused-ring (bicyclic) bond motifs is 1. The van der Waals surface area contributed by atoms with Crippen LogP contribution in [0.15, 0.2) is 30.3 Å². The number of aliphatic hydroxyl groups is 1. The number of benzene rings is 1. The Kier molecular flexibility index (Phi) is 5.69. The SMILES string of the molecule is O=C(COC(=O)C(O)(c1ccccc1)C1CCCCCC1)NC1C2CNCC21. The number of hydrogen-bond donors (Lipinski definition) is 3. The van der Waals surface area contributed by atoms with Crippen molar-refractivity contribution in [1.82, 2.24) is 10.6 Å². The fourth-order valence-electron chi connectivity index (χ4n) is 5.01. The van der Waals surface area contributed by atoms with Crippen molar-refractivity contribution in [2.24, 2.45) is 17.8 Å². The number of nitrogens with one attached hydrogen (secondary N) is 2. The van der Waals surface area contributed by atoms with Gasteiger partial charge in [0.25, 0.3) is 5.91 Å². The zero-order valence-electron chi connectivity index (χ0n) is 16.2. The lowest BCUT2D eigenvalue weighted by Gasteiger charge is -2.34. The number of piperidine rings is 1. The number of rotatable bonds is 6. The van der Waals surface area contributed by atoms with Crippen LogP contribution in [0.2, 0.25) is 0 Å². The summed E-state index contributed by atoms with van der Waals surface area (Å²) in [6.45, 7) is 1.53. The molecule has 6 nitrogen and oxygen atoms in total. The van der Waals surface area contributed by atoms with Gasteiger partial charge in [-0.25, -0.2) is 4.79 Å². The topological polar surface area (TPSA) is 87.7 Å². The summed E-state index contributed by atoms with van der Waals surface area (Å²) < 4.78 is 5.35. The van der Waals surface area contributed by atoms with E-state index in [1.165, 1.54) is 0 Å². The van der Waals surface area contributed by atoms with Crippen LogP contribution in [-0.2, 0) is 19.9 Å². The van der Waals surface area contributed by atoms with E-state index < -0.39 is 11.6 Å². The van der Waals surface area contributed by atoms with Crippen molar-refractivity contribution in [2.45, 2.75) is 50.2 Å². The van der Waals surface area contributed by atoms with Gasteiger partial charge >= 0.3 is 5.97 Å². The van der Waals surface area contributed by atoms with Gasteiger partial charge in [0.1, 0.15) is 0 Å². The zero-order valence-corrected chi connectivity index (χ0v) is 16.2. The summed E-state index contributed by atoms with van der Waals surface area (Å²) in [5, 5.41) is 17.8. The minimum Gasteiger partial charge on any atom is -0.453 e. The average molecular weight is 386 g/mol. The fourth-order valence-corrected chi connectivity index (χ4v) is 5.01. The first-order valence-electron chi connectivity index (χ1n) is 10.6. The lowest BCUT2D eigenvalue weighted by Crippen LogP contribution is -2.45. The number of ether oxygens (including phenoxy) is 1. The van der Waals surface area contributed by atoms with Crippen molar-refractivity contribution < 1.29 is 19.4 Å². The Morgan fingerprint density at radius 3 is 2.36 bits per heavy atom. The van der Waals surface area contributed by atoms with E-state index in [0.717, 1.165) is 51.6 Å². The Morgan fingerprint density at radius 2 is 1.71 bits per heavy atom. The van der Waals surface area contributed by atoms with Gasteiger partial charge in [0.05, 0.1) is 0 Å². The van der Waals surface area contributed by atoms with Gasteiger partial charge in [0.2, 0.25) is 0 Å². The molecule has 2 saturated carbocycles. The molecule has 1 aromatic carbocycles. The molecule has 3 N–H and O–H groups in total. The van der Waals surface area contributed by atoms with Gasteiger partial charge in [-0.3, -0.25) is 4.79 Å². The zero-order chi connectivity index (χ0) is 19.6. The molecule has 1 aromatic rings. The molecule has 3 atom stereocenters. The number of carbonyl (C=O) groups excluding carboxylic acids is 2. The molecule has 3 aliphatic rings. The van der Waals surface area contributed by atoms with Crippen molar-refractivity contribution in [2.75, 3.05) is 19.7 Å². The average Bonchev–Trinajstić information content (AvgIpc) is 3.26. The summed E-state index contributed by atoms with van der Waals surface area (Å²) in [6, 6.07) is 9.22. The quantitative estimate of drug-likeness (QED) is 0.512. The number of hydrogen-bond acceptors (Lipinski definition) is 5. The molecule has 2 aliphatic carbocycles. The molecule has 0 aromatic heterocycles. The fraction of sp³-hybridized carbons (Fsp3) is 0.636. The van der Waals surface area contributed by atoms with Gasteiger partial charge in [-0.15, -0.1) is 0 Å². The van der Waals surface area contributed by atoms with E-state index >= 15 is 0 Å². The van der Waals surface area contributed by atoms with Crippen LogP contribution in [0.4, 0.5) is 0 Å². The van der Waals surface area contributed by atoms with E-state index in [1.807, 2.05) is 18.2 Å². The van der Waals surface area contributed by atoms with Crippen LogP contribution in [0.5, 0.6) is 0 Å². The summed E-state index contributed by atoms with van der Waals surface area (Å²) >= 11 is 0. The van der Waals surface area contributed by atoms with Crippen LogP contribution in [0, 0.1) is 17.8 Å². The molecular formula is C22H30N2O4. The van der Waals surface area contributed by atoms with Crippen molar-refractivity contribution in [3.8, 4) is 0 Å². The summed E-state index contributed by atoms with van der Waals surface area (Å²) in [7, 11) is 0. The van der Waals surface area contributed by atoms with E-state index in [2.05, 4.69) is 10.6 Å². The van der Waals surface area contributed by atoms with Crippen LogP contribution >= 0.6 is 0 Å². The summed E-state index contributed by atoms with van der Waals surface area (Å²) in [4.78, 5) is 25.3. The maximum atomic E-state index is 13.0. The van der Waals surface area contributed by atoms with Gasteiger partial charge in [-0.1, -0.05) is 56.0 Å². The third-order valence-electron chi connectivity index (χ3n) is 6.72. The van der Waals surface area contributed by atoms with Crippen LogP contribution in [-0.4, -0.2) is 42.7 Å². The first-order chi connectivity index (χ1) is 13.6. The van der Waals surface area contributed by atoms with Gasteiger partial charge < -0.3 is 20.5 Å². The molecule has 1 amide bonds. The van der Waals surface area contributed by atoms with Crippen molar-refractivity contribution in [3.05, 3.63) is 35.9 Å². The van der Waals surface area contributed by atoms with Crippen LogP contribution in [0.1, 0.15) is 44.1 Å². The highest BCUT2D eigenvalue weighted by atomic mass is 16.6. The predicted octanol–water partition coefficient (Wildman–Crippen LogP) is 1.72. The second-order valence-corrected chi connectivity index (χ2v) is 8.48. The van der Waals surface area contributed by atoms with Crippen LogP contribution in [0.25, 0.3) is 0 Å². The summed E-state index contributed by atoms with van der Waals surface area (Å²) in [6.07, 6.45) is 5.79. The Labute approximate surface area is 166 Å². The molecule has 152 valence electrons. The van der Waals surface area contributed by atoms with E-state index in [9.17, 15) is 14.7 Å². The number of amides is 1. The second kappa shape index (κ2) is 8.21. The van der Waals surface area contributed by atoms with Gasteiger partial charge in [0, 0.05) is 25.0 Å². The van der Waals surface area contributed by atoms with Crippen molar-refractivity contribution in [3.63, 3.8) is 0 Å². The minimum absolute atomic E-state index is 0.193. The molecule has 1 aliphatic heterocycles. The largest absolute Gasteiger partial charge is 0.453 e. The molecule has 6 heteroatoms. The Hall–Kier alpha value is -1.92. The van der Waals surface area contributed by atoms with Crippen molar-refractivity contribution >= 4 is 11.9 Å². The highest BCUT2D eigenvalue weighted by molar-refractivity contribution is 5.85.